The van der Waals surface area contributed by atoms with E-state index in [0.29, 0.717) is 28.0 Å². The van der Waals surface area contributed by atoms with E-state index in [1.54, 1.807) is 36.9 Å². The molecule has 1 N–H and O–H groups in total. The van der Waals surface area contributed by atoms with Gasteiger partial charge in [0.15, 0.2) is 5.82 Å². The Balaban J connectivity index is 1.57. The monoisotopic (exact) mass is 465 g/mol. The van der Waals surface area contributed by atoms with Crippen LogP contribution in [0.5, 0.6) is 5.75 Å². The predicted octanol–water partition coefficient (Wildman–Crippen LogP) is 3.92. The number of ether oxygens (including phenoxy) is 1. The van der Waals surface area contributed by atoms with Gasteiger partial charge in [-0.25, -0.2) is 4.68 Å². The minimum atomic E-state index is -0.160. The van der Waals surface area contributed by atoms with Gasteiger partial charge in [0.2, 0.25) is 5.91 Å². The fourth-order valence-electron chi connectivity index (χ4n) is 3.65. The lowest BCUT2D eigenvalue weighted by atomic mass is 10.1. The fourth-order valence-corrected chi connectivity index (χ4v) is 3.82. The molecule has 2 heterocycles. The summed E-state index contributed by atoms with van der Waals surface area (Å²) in [5, 5.41) is 19.8. The summed E-state index contributed by atoms with van der Waals surface area (Å²) in [5.41, 5.74) is 5.65. The molecule has 2 aromatic carbocycles. The summed E-state index contributed by atoms with van der Waals surface area (Å²) in [5.74, 6) is 1.03. The van der Waals surface area contributed by atoms with Gasteiger partial charge in [-0.15, -0.1) is 5.10 Å². The van der Waals surface area contributed by atoms with Crippen molar-refractivity contribution in [3.63, 3.8) is 0 Å². The summed E-state index contributed by atoms with van der Waals surface area (Å²) in [7, 11) is 1.57. The number of aromatic nitrogens is 6. The number of aryl methyl sites for hydroxylation is 3. The van der Waals surface area contributed by atoms with Crippen LogP contribution in [0, 0.1) is 27.7 Å². The first kappa shape index (κ1) is 22.5. The van der Waals surface area contributed by atoms with E-state index in [1.165, 1.54) is 0 Å². The highest BCUT2D eigenvalue weighted by molar-refractivity contribution is 6.31. The van der Waals surface area contributed by atoms with Crippen LogP contribution in [-0.4, -0.2) is 43.0 Å². The van der Waals surface area contributed by atoms with Gasteiger partial charge < -0.3 is 10.1 Å². The summed E-state index contributed by atoms with van der Waals surface area (Å²) in [6, 6.07) is 11.1. The van der Waals surface area contributed by atoms with E-state index in [1.807, 2.05) is 43.7 Å². The van der Waals surface area contributed by atoms with Crippen LogP contribution in [-0.2, 0) is 11.2 Å². The van der Waals surface area contributed by atoms with E-state index in [-0.39, 0.29) is 12.3 Å². The molecule has 0 aliphatic rings. The smallest absolute Gasteiger partial charge is 0.228 e. The minimum absolute atomic E-state index is 0.160. The average molecular weight is 466 g/mol. The van der Waals surface area contributed by atoms with Crippen molar-refractivity contribution in [2.75, 3.05) is 12.4 Å². The van der Waals surface area contributed by atoms with Crippen molar-refractivity contribution in [3.05, 3.63) is 69.8 Å². The molecule has 9 nitrogen and oxygen atoms in total. The number of benzene rings is 2. The third-order valence-corrected chi connectivity index (χ3v) is 5.90. The normalized spacial score (nSPS) is 11.0. The molecular formula is C23H24ClN7O2. The Bertz CT molecular complexity index is 1340. The zero-order valence-electron chi connectivity index (χ0n) is 19.0. The molecule has 2 aromatic heterocycles. The van der Waals surface area contributed by atoms with E-state index < -0.39 is 0 Å². The molecule has 0 bridgehead atoms. The quantitative estimate of drug-likeness (QED) is 0.463. The Labute approximate surface area is 196 Å². The number of halogens is 1. The molecule has 10 heteroatoms. The van der Waals surface area contributed by atoms with Crippen molar-refractivity contribution < 1.29 is 9.53 Å². The van der Waals surface area contributed by atoms with Gasteiger partial charge >= 0.3 is 0 Å². The van der Waals surface area contributed by atoms with Gasteiger partial charge in [0.1, 0.15) is 11.4 Å². The van der Waals surface area contributed by atoms with Crippen molar-refractivity contribution in [3.8, 4) is 17.1 Å². The third kappa shape index (κ3) is 4.45. The molecule has 0 aliphatic heterocycles. The number of hydrogen-bond donors (Lipinski definition) is 1. The highest BCUT2D eigenvalue weighted by Crippen LogP contribution is 2.27. The number of tetrazole rings is 1. The Kier molecular flexibility index (Phi) is 6.15. The topological polar surface area (TPSA) is 99.8 Å². The fraction of sp³-hybridized carbons (Fsp3) is 0.261. The Morgan fingerprint density at radius 2 is 1.88 bits per heavy atom. The molecule has 4 aromatic rings. The number of rotatable bonds is 6. The zero-order valence-corrected chi connectivity index (χ0v) is 19.8. The van der Waals surface area contributed by atoms with Gasteiger partial charge in [0.25, 0.3) is 0 Å². The lowest BCUT2D eigenvalue weighted by Gasteiger charge is -2.12. The second-order valence-corrected chi connectivity index (χ2v) is 8.15. The first-order chi connectivity index (χ1) is 15.8. The van der Waals surface area contributed by atoms with Crippen LogP contribution >= 0.6 is 11.6 Å². The summed E-state index contributed by atoms with van der Waals surface area (Å²) < 4.78 is 8.79. The molecule has 0 radical (unpaired) electrons. The first-order valence-corrected chi connectivity index (χ1v) is 10.7. The van der Waals surface area contributed by atoms with Crippen molar-refractivity contribution in [1.82, 2.24) is 30.0 Å². The van der Waals surface area contributed by atoms with Gasteiger partial charge in [-0.1, -0.05) is 17.7 Å². The molecule has 0 saturated carbocycles. The van der Waals surface area contributed by atoms with Crippen LogP contribution in [0.25, 0.3) is 11.4 Å². The maximum absolute atomic E-state index is 12.9. The van der Waals surface area contributed by atoms with Crippen LogP contribution in [0.3, 0.4) is 0 Å². The Morgan fingerprint density at radius 1 is 1.09 bits per heavy atom. The molecule has 0 atom stereocenters. The molecule has 0 unspecified atom stereocenters. The number of nitrogens with one attached hydrogen (secondary N) is 1. The lowest BCUT2D eigenvalue weighted by Crippen LogP contribution is -2.16. The standard InChI is InChI=1S/C23H24ClN7O2/c1-13-6-8-18(11-20(13)24)30-15(3)19(14(2)27-30)12-23(32)25-17-7-9-22(33-5)21(10-17)31-16(4)26-28-29-31/h6-11H,12H2,1-5H3,(H,25,32). The SMILES string of the molecule is COc1ccc(NC(=O)Cc2c(C)nn(-c3ccc(C)c(Cl)c3)c2C)cc1-n1nnnc1C. The highest BCUT2D eigenvalue weighted by Gasteiger charge is 2.18. The number of carbonyl (C=O) groups excluding carboxylic acids is 1. The number of hydrogen-bond acceptors (Lipinski definition) is 6. The number of anilines is 1. The minimum Gasteiger partial charge on any atom is -0.494 e. The van der Waals surface area contributed by atoms with Crippen LogP contribution < -0.4 is 10.1 Å². The lowest BCUT2D eigenvalue weighted by molar-refractivity contribution is -0.115. The maximum atomic E-state index is 12.9. The number of methoxy groups -OCH3 is 1. The molecule has 4 rings (SSSR count). The van der Waals surface area contributed by atoms with Crippen LogP contribution in [0.4, 0.5) is 5.69 Å². The Hall–Kier alpha value is -3.72. The van der Waals surface area contributed by atoms with E-state index in [0.717, 1.165) is 28.2 Å². The van der Waals surface area contributed by atoms with E-state index >= 15 is 0 Å². The third-order valence-electron chi connectivity index (χ3n) is 5.49. The van der Waals surface area contributed by atoms with E-state index in [4.69, 9.17) is 16.3 Å². The van der Waals surface area contributed by atoms with Gasteiger partial charge in [0, 0.05) is 22.0 Å². The molecule has 0 spiro atoms. The zero-order chi connectivity index (χ0) is 23.7. The predicted molar refractivity (Wildman–Crippen MR) is 126 cm³/mol. The second-order valence-electron chi connectivity index (χ2n) is 7.74. The number of carbonyl (C=O) groups is 1. The van der Waals surface area contributed by atoms with Crippen molar-refractivity contribution in [1.29, 1.82) is 0 Å². The summed E-state index contributed by atoms with van der Waals surface area (Å²) in [6.07, 6.45) is 0.183. The molecule has 170 valence electrons. The molecular weight excluding hydrogens is 442 g/mol. The molecule has 33 heavy (non-hydrogen) atoms. The van der Waals surface area contributed by atoms with Crippen LogP contribution in [0.15, 0.2) is 36.4 Å². The maximum Gasteiger partial charge on any atom is 0.228 e. The molecule has 0 saturated heterocycles. The molecule has 1 amide bonds. The summed E-state index contributed by atoms with van der Waals surface area (Å²) >= 11 is 6.29. The van der Waals surface area contributed by atoms with Gasteiger partial charge in [0.05, 0.1) is 24.9 Å². The molecule has 0 fully saturated rings. The summed E-state index contributed by atoms with van der Waals surface area (Å²) in [4.78, 5) is 12.9. The molecule has 0 aliphatic carbocycles. The summed E-state index contributed by atoms with van der Waals surface area (Å²) in [6.45, 7) is 7.58. The van der Waals surface area contributed by atoms with Crippen molar-refractivity contribution in [2.24, 2.45) is 0 Å². The van der Waals surface area contributed by atoms with Crippen LogP contribution in [0.1, 0.15) is 28.3 Å². The van der Waals surface area contributed by atoms with Crippen molar-refractivity contribution in [2.45, 2.75) is 34.1 Å². The second kappa shape index (κ2) is 9.03. The van der Waals surface area contributed by atoms with E-state index in [2.05, 4.69) is 25.9 Å². The van der Waals surface area contributed by atoms with E-state index in [9.17, 15) is 4.79 Å². The highest BCUT2D eigenvalue weighted by atomic mass is 35.5. The van der Waals surface area contributed by atoms with Gasteiger partial charge in [-0.05, 0) is 74.0 Å². The first-order valence-electron chi connectivity index (χ1n) is 10.3. The average Bonchev–Trinajstić information content (AvgIpc) is 3.33. The Morgan fingerprint density at radius 3 is 2.55 bits per heavy atom. The van der Waals surface area contributed by atoms with Crippen LogP contribution in [0.2, 0.25) is 5.02 Å². The van der Waals surface area contributed by atoms with Crippen molar-refractivity contribution >= 4 is 23.2 Å². The number of amides is 1. The number of nitrogens with zero attached hydrogens (tertiary/aromatic N) is 6. The largest absolute Gasteiger partial charge is 0.494 e. The van der Waals surface area contributed by atoms with Gasteiger partial charge in [-0.2, -0.15) is 9.78 Å². The van der Waals surface area contributed by atoms with Gasteiger partial charge in [-0.3, -0.25) is 4.79 Å².